The summed E-state index contributed by atoms with van der Waals surface area (Å²) in [4.78, 5) is 28.2. The zero-order valence-corrected chi connectivity index (χ0v) is 18.9. The van der Waals surface area contributed by atoms with Crippen LogP contribution in [0.2, 0.25) is 0 Å². The van der Waals surface area contributed by atoms with E-state index in [0.717, 1.165) is 5.56 Å². The summed E-state index contributed by atoms with van der Waals surface area (Å²) in [6.07, 6.45) is 0.515. The van der Waals surface area contributed by atoms with Gasteiger partial charge in [-0.15, -0.1) is 0 Å². The molecule has 4 aromatic rings. The number of amides is 1. The molecule has 1 aliphatic heterocycles. The maximum atomic E-state index is 13.7. The first-order chi connectivity index (χ1) is 17.0. The number of Topliss-reactive ketones (excluding diaryl/α,β-unsaturated/α-hetero) is 1. The summed E-state index contributed by atoms with van der Waals surface area (Å²) in [5.74, 6) is -1.93. The van der Waals surface area contributed by atoms with E-state index in [-0.39, 0.29) is 17.9 Å². The van der Waals surface area contributed by atoms with Crippen LogP contribution in [-0.2, 0) is 11.2 Å². The molecule has 0 saturated carbocycles. The van der Waals surface area contributed by atoms with E-state index in [1.165, 1.54) is 36.3 Å². The Balaban J connectivity index is 1.55. The second-order valence-electron chi connectivity index (χ2n) is 8.27. The van der Waals surface area contributed by atoms with Crippen LogP contribution in [0.15, 0.2) is 94.6 Å². The lowest BCUT2D eigenvalue weighted by molar-refractivity contribution is -0.129. The average molecular weight is 471 g/mol. The average Bonchev–Trinajstić information content (AvgIpc) is 3.43. The highest BCUT2D eigenvalue weighted by molar-refractivity contribution is 6.16. The summed E-state index contributed by atoms with van der Waals surface area (Å²) in [5, 5.41) is 11.5. The lowest BCUT2D eigenvalue weighted by atomic mass is 9.94. The number of hydrogen-bond donors (Lipinski definition) is 1. The normalized spacial score (nSPS) is 15.8. The number of hydrogen-bond acceptors (Lipinski definition) is 5. The maximum Gasteiger partial charge on any atom is 0.290 e. The Morgan fingerprint density at radius 3 is 2.51 bits per heavy atom. The number of carbonyl (C=O) groups excluding carboxylic acids is 2. The van der Waals surface area contributed by atoms with Gasteiger partial charge < -0.3 is 19.2 Å². The summed E-state index contributed by atoms with van der Waals surface area (Å²) < 4.78 is 24.8. The molecule has 0 bridgehead atoms. The van der Waals surface area contributed by atoms with E-state index in [2.05, 4.69) is 0 Å². The first-order valence-electron chi connectivity index (χ1n) is 11.1. The summed E-state index contributed by atoms with van der Waals surface area (Å²) in [7, 11) is 1.50. The molecule has 1 unspecified atom stereocenters. The van der Waals surface area contributed by atoms with Crippen LogP contribution in [0.25, 0.3) is 11.0 Å². The number of halogens is 1. The molecule has 0 saturated heterocycles. The Morgan fingerprint density at radius 1 is 1.06 bits per heavy atom. The van der Waals surface area contributed by atoms with Gasteiger partial charge in [0.25, 0.3) is 5.91 Å². The van der Waals surface area contributed by atoms with E-state index in [1.54, 1.807) is 24.3 Å². The van der Waals surface area contributed by atoms with Crippen LogP contribution < -0.4 is 4.74 Å². The first kappa shape index (κ1) is 22.4. The summed E-state index contributed by atoms with van der Waals surface area (Å²) in [5.41, 5.74) is 1.80. The molecule has 3 aromatic carbocycles. The summed E-state index contributed by atoms with van der Waals surface area (Å²) >= 11 is 0. The predicted molar refractivity (Wildman–Crippen MR) is 128 cm³/mol. The number of furan rings is 1. The summed E-state index contributed by atoms with van der Waals surface area (Å²) in [6, 6.07) is 21.0. The van der Waals surface area contributed by atoms with Crippen LogP contribution >= 0.6 is 0 Å². The fraction of sp³-hybridized carbons (Fsp3) is 0.143. The van der Waals surface area contributed by atoms with Gasteiger partial charge >= 0.3 is 0 Å². The van der Waals surface area contributed by atoms with Crippen LogP contribution in [0, 0.1) is 5.82 Å². The molecule has 1 N–H and O–H groups in total. The first-order valence-corrected chi connectivity index (χ1v) is 11.1. The number of ether oxygens (including phenoxy) is 1. The van der Waals surface area contributed by atoms with E-state index in [4.69, 9.17) is 9.15 Å². The van der Waals surface area contributed by atoms with Crippen LogP contribution in [0.4, 0.5) is 4.39 Å². The van der Waals surface area contributed by atoms with Gasteiger partial charge in [-0.05, 0) is 41.8 Å². The highest BCUT2D eigenvalue weighted by Crippen LogP contribution is 2.40. The molecule has 176 valence electrons. The Labute approximate surface area is 200 Å². The van der Waals surface area contributed by atoms with Gasteiger partial charge in [0.1, 0.15) is 5.82 Å². The van der Waals surface area contributed by atoms with Crippen molar-refractivity contribution in [2.24, 2.45) is 0 Å². The van der Waals surface area contributed by atoms with Gasteiger partial charge in [0, 0.05) is 11.9 Å². The molecule has 2 heterocycles. The second-order valence-corrected chi connectivity index (χ2v) is 8.27. The predicted octanol–water partition coefficient (Wildman–Crippen LogP) is 5.40. The van der Waals surface area contributed by atoms with Gasteiger partial charge in [-0.1, -0.05) is 54.6 Å². The van der Waals surface area contributed by atoms with Crippen molar-refractivity contribution in [2.75, 3.05) is 13.7 Å². The molecule has 6 nitrogen and oxygen atoms in total. The second kappa shape index (κ2) is 9.10. The number of methoxy groups -OCH3 is 1. The van der Waals surface area contributed by atoms with Crippen molar-refractivity contribution in [1.82, 2.24) is 4.90 Å². The van der Waals surface area contributed by atoms with Crippen molar-refractivity contribution in [3.63, 3.8) is 0 Å². The number of fused-ring (bicyclic) bond motifs is 1. The Morgan fingerprint density at radius 2 is 1.80 bits per heavy atom. The van der Waals surface area contributed by atoms with Crippen LogP contribution in [0.1, 0.15) is 27.7 Å². The molecule has 1 atom stereocenters. The third-order valence-electron chi connectivity index (χ3n) is 6.17. The minimum atomic E-state index is -0.894. The molecule has 0 fully saturated rings. The van der Waals surface area contributed by atoms with Crippen LogP contribution in [0.5, 0.6) is 5.75 Å². The number of carbonyl (C=O) groups is 2. The zero-order valence-electron chi connectivity index (χ0n) is 18.9. The van der Waals surface area contributed by atoms with E-state index >= 15 is 0 Å². The molecule has 1 amide bonds. The zero-order chi connectivity index (χ0) is 24.5. The lowest BCUT2D eigenvalue weighted by Gasteiger charge is -2.26. The Hall–Kier alpha value is -4.39. The minimum absolute atomic E-state index is 0.0316. The van der Waals surface area contributed by atoms with Crippen molar-refractivity contribution in [3.8, 4) is 5.75 Å². The van der Waals surface area contributed by atoms with Gasteiger partial charge in [0.05, 0.1) is 18.7 Å². The maximum absolute atomic E-state index is 13.7. The standard InChI is InChI=1S/C28H22FNO5/c1-34-21-9-5-8-19-16-22(35-27(19)21)25(31)23-24(18-10-12-20(29)13-11-18)30(28(33)26(23)32)15-14-17-6-3-2-4-7-17/h2-13,16,24,32H,14-15H2,1H3. The summed E-state index contributed by atoms with van der Waals surface area (Å²) in [6.45, 7) is 0.250. The third-order valence-corrected chi connectivity index (χ3v) is 6.17. The molecule has 35 heavy (non-hydrogen) atoms. The minimum Gasteiger partial charge on any atom is -0.503 e. The number of nitrogens with zero attached hydrogens (tertiary/aromatic N) is 1. The SMILES string of the molecule is COc1cccc2cc(C(=O)C3=C(O)C(=O)N(CCc4ccccc4)C3c3ccc(F)cc3)oc12. The van der Waals surface area contributed by atoms with Gasteiger partial charge in [0.15, 0.2) is 22.9 Å². The topological polar surface area (TPSA) is 80.0 Å². The molecule has 0 aliphatic carbocycles. The number of rotatable bonds is 7. The Kier molecular flexibility index (Phi) is 5.82. The lowest BCUT2D eigenvalue weighted by Crippen LogP contribution is -2.33. The van der Waals surface area contributed by atoms with Crippen molar-refractivity contribution < 1.29 is 28.2 Å². The van der Waals surface area contributed by atoms with E-state index in [0.29, 0.717) is 28.7 Å². The number of aliphatic hydroxyl groups excluding tert-OH is 1. The number of benzene rings is 3. The van der Waals surface area contributed by atoms with E-state index in [1.807, 2.05) is 30.3 Å². The molecular formula is C28H22FNO5. The van der Waals surface area contributed by atoms with Gasteiger partial charge in [-0.2, -0.15) is 0 Å². The molecule has 0 radical (unpaired) electrons. The largest absolute Gasteiger partial charge is 0.503 e. The molecule has 1 aromatic heterocycles. The molecule has 5 rings (SSSR count). The fourth-order valence-corrected chi connectivity index (χ4v) is 4.44. The number of aliphatic hydroxyl groups is 1. The van der Waals surface area contributed by atoms with Gasteiger partial charge in [0.2, 0.25) is 5.78 Å². The number of para-hydroxylation sites is 1. The fourth-order valence-electron chi connectivity index (χ4n) is 4.44. The molecular weight excluding hydrogens is 449 g/mol. The van der Waals surface area contributed by atoms with Gasteiger partial charge in [-0.25, -0.2) is 4.39 Å². The third kappa shape index (κ3) is 4.05. The molecule has 7 heteroatoms. The van der Waals surface area contributed by atoms with Crippen molar-refractivity contribution >= 4 is 22.7 Å². The Bertz CT molecular complexity index is 1440. The monoisotopic (exact) mass is 471 g/mol. The van der Waals surface area contributed by atoms with E-state index in [9.17, 15) is 19.1 Å². The van der Waals surface area contributed by atoms with Crippen LogP contribution in [-0.4, -0.2) is 35.4 Å². The molecule has 0 spiro atoms. The van der Waals surface area contributed by atoms with Crippen molar-refractivity contribution in [1.29, 1.82) is 0 Å². The molecule has 1 aliphatic rings. The smallest absolute Gasteiger partial charge is 0.290 e. The number of ketones is 1. The van der Waals surface area contributed by atoms with E-state index < -0.39 is 29.3 Å². The van der Waals surface area contributed by atoms with Gasteiger partial charge in [-0.3, -0.25) is 9.59 Å². The highest BCUT2D eigenvalue weighted by atomic mass is 19.1. The van der Waals surface area contributed by atoms with Crippen molar-refractivity contribution in [2.45, 2.75) is 12.5 Å². The van der Waals surface area contributed by atoms with Crippen molar-refractivity contribution in [3.05, 3.63) is 113 Å². The van der Waals surface area contributed by atoms with Crippen LogP contribution in [0.3, 0.4) is 0 Å². The highest BCUT2D eigenvalue weighted by Gasteiger charge is 2.44. The quantitative estimate of drug-likeness (QED) is 0.365.